The van der Waals surface area contributed by atoms with Gasteiger partial charge in [0, 0.05) is 42.0 Å². The Labute approximate surface area is 129 Å². The van der Waals surface area contributed by atoms with Crippen LogP contribution in [0, 0.1) is 10.1 Å². The van der Waals surface area contributed by atoms with Crippen LogP contribution in [0.4, 0.5) is 10.7 Å². The van der Waals surface area contributed by atoms with Crippen LogP contribution in [-0.2, 0) is 20.8 Å². The molecular weight excluding hydrogens is 338 g/mol. The summed E-state index contributed by atoms with van der Waals surface area (Å²) in [6.45, 7) is 1.66. The van der Waals surface area contributed by atoms with Crippen LogP contribution in [0.25, 0.3) is 0 Å². The van der Waals surface area contributed by atoms with Gasteiger partial charge < -0.3 is 5.32 Å². The average Bonchev–Trinajstić information content (AvgIpc) is 2.80. The molecule has 0 amide bonds. The molecule has 0 fully saturated rings. The van der Waals surface area contributed by atoms with Crippen LogP contribution >= 0.6 is 11.3 Å². The Kier molecular flexibility index (Phi) is 6.25. The largest absolute Gasteiger partial charge is 0.374 e. The molecule has 21 heavy (non-hydrogen) atoms. The van der Waals surface area contributed by atoms with Crippen molar-refractivity contribution in [3.63, 3.8) is 0 Å². The van der Waals surface area contributed by atoms with E-state index in [-0.39, 0.29) is 14.9 Å². The van der Waals surface area contributed by atoms with Gasteiger partial charge in [-0.15, -0.1) is 0 Å². The van der Waals surface area contributed by atoms with Crippen molar-refractivity contribution in [3.05, 3.63) is 16.2 Å². The summed E-state index contributed by atoms with van der Waals surface area (Å²) >= 11 is 0.798. The zero-order chi connectivity index (χ0) is 16.2. The predicted octanol–water partition coefficient (Wildman–Crippen LogP) is 1.13. The van der Waals surface area contributed by atoms with Crippen LogP contribution in [0.2, 0.25) is 0 Å². The number of hydrogen-bond donors (Lipinski definition) is 2. The summed E-state index contributed by atoms with van der Waals surface area (Å²) in [6.07, 6.45) is 1.97. The second-order valence-corrected chi connectivity index (χ2v) is 8.92. The van der Waals surface area contributed by atoms with Gasteiger partial charge in [0.1, 0.15) is 4.21 Å². The number of sulfonamides is 1. The smallest absolute Gasteiger partial charge is 0.304 e. The normalized spacial score (nSPS) is 14.6. The van der Waals surface area contributed by atoms with Gasteiger partial charge in [-0.3, -0.25) is 14.3 Å². The molecular formula is C10H17N3O5S3. The molecule has 0 bridgehead atoms. The maximum absolute atomic E-state index is 12.2. The highest BCUT2D eigenvalue weighted by atomic mass is 32.2. The standard InChI is InChI=1S/C10H17N3O5S3/c1-7(4-5-20(3)16)12-21(17,18)9-6-8(13(14)15)10(11-2)19-9/h6-7,11-12H,4-5H2,1-3H3. The summed E-state index contributed by atoms with van der Waals surface area (Å²) < 4.78 is 37.6. The monoisotopic (exact) mass is 355 g/mol. The van der Waals surface area contributed by atoms with E-state index in [1.165, 1.54) is 7.05 Å². The van der Waals surface area contributed by atoms with Crippen molar-refractivity contribution in [2.45, 2.75) is 23.6 Å². The van der Waals surface area contributed by atoms with Crippen LogP contribution in [0.15, 0.2) is 10.3 Å². The van der Waals surface area contributed by atoms with Crippen molar-refractivity contribution < 1.29 is 17.6 Å². The number of nitrogens with one attached hydrogen (secondary N) is 2. The first kappa shape index (κ1) is 18.0. The lowest BCUT2D eigenvalue weighted by Gasteiger charge is -2.12. The van der Waals surface area contributed by atoms with E-state index in [2.05, 4.69) is 10.0 Å². The molecule has 8 nitrogen and oxygen atoms in total. The molecule has 1 aromatic heterocycles. The summed E-state index contributed by atoms with van der Waals surface area (Å²) in [4.78, 5) is 10.2. The number of anilines is 1. The zero-order valence-electron chi connectivity index (χ0n) is 11.8. The molecule has 11 heteroatoms. The van der Waals surface area contributed by atoms with Gasteiger partial charge in [0.25, 0.3) is 10.0 Å². The third-order valence-corrected chi connectivity index (χ3v) is 6.59. The van der Waals surface area contributed by atoms with E-state index in [0.29, 0.717) is 12.2 Å². The predicted molar refractivity (Wildman–Crippen MR) is 83.9 cm³/mol. The van der Waals surface area contributed by atoms with Gasteiger partial charge in [0.05, 0.1) is 4.92 Å². The highest BCUT2D eigenvalue weighted by molar-refractivity contribution is 7.91. The number of nitro groups is 1. The van der Waals surface area contributed by atoms with Crippen molar-refractivity contribution in [2.24, 2.45) is 0 Å². The van der Waals surface area contributed by atoms with E-state index in [4.69, 9.17) is 0 Å². The Morgan fingerprint density at radius 3 is 2.57 bits per heavy atom. The number of thiophene rings is 1. The summed E-state index contributed by atoms with van der Waals surface area (Å²) in [7, 11) is -3.34. The van der Waals surface area contributed by atoms with E-state index >= 15 is 0 Å². The molecule has 0 spiro atoms. The third kappa shape index (κ3) is 5.02. The minimum atomic E-state index is -3.83. The van der Waals surface area contributed by atoms with Crippen LogP contribution < -0.4 is 10.0 Å². The minimum Gasteiger partial charge on any atom is -0.374 e. The Morgan fingerprint density at radius 1 is 1.52 bits per heavy atom. The summed E-state index contributed by atoms with van der Waals surface area (Å²) in [5.74, 6) is 0.385. The molecule has 2 atom stereocenters. The highest BCUT2D eigenvalue weighted by Gasteiger charge is 2.26. The van der Waals surface area contributed by atoms with Crippen LogP contribution in [0.3, 0.4) is 0 Å². The molecule has 1 rings (SSSR count). The molecule has 2 unspecified atom stereocenters. The first-order valence-corrected chi connectivity index (χ1v) is 9.98. The molecule has 1 aromatic rings. The van der Waals surface area contributed by atoms with Crippen molar-refractivity contribution in [3.8, 4) is 0 Å². The summed E-state index contributed by atoms with van der Waals surface area (Å²) in [5, 5.41) is 13.6. The van der Waals surface area contributed by atoms with Gasteiger partial charge in [0.15, 0.2) is 5.00 Å². The topological polar surface area (TPSA) is 118 Å². The third-order valence-electron chi connectivity index (χ3n) is 2.57. The molecule has 0 aromatic carbocycles. The quantitative estimate of drug-likeness (QED) is 0.533. The maximum Gasteiger partial charge on any atom is 0.304 e. The maximum atomic E-state index is 12.2. The molecule has 120 valence electrons. The molecule has 0 saturated carbocycles. The lowest BCUT2D eigenvalue weighted by atomic mass is 10.3. The van der Waals surface area contributed by atoms with Gasteiger partial charge in [-0.2, -0.15) is 0 Å². The molecule has 0 saturated heterocycles. The first-order chi connectivity index (χ1) is 9.67. The van der Waals surface area contributed by atoms with Crippen LogP contribution in [-0.4, -0.2) is 42.6 Å². The fraction of sp³-hybridized carbons (Fsp3) is 0.600. The lowest BCUT2D eigenvalue weighted by molar-refractivity contribution is -0.383. The van der Waals surface area contributed by atoms with Gasteiger partial charge in [-0.1, -0.05) is 11.3 Å². The van der Waals surface area contributed by atoms with Crippen LogP contribution in [0.1, 0.15) is 13.3 Å². The molecule has 1 heterocycles. The zero-order valence-corrected chi connectivity index (χ0v) is 14.2. The fourth-order valence-corrected chi connectivity index (χ4v) is 4.79. The van der Waals surface area contributed by atoms with E-state index < -0.39 is 31.8 Å². The van der Waals surface area contributed by atoms with Crippen molar-refractivity contribution in [2.75, 3.05) is 24.4 Å². The van der Waals surface area contributed by atoms with Gasteiger partial charge >= 0.3 is 5.69 Å². The van der Waals surface area contributed by atoms with E-state index in [0.717, 1.165) is 17.4 Å². The second kappa shape index (κ2) is 7.29. The Morgan fingerprint density at radius 2 is 2.14 bits per heavy atom. The lowest BCUT2D eigenvalue weighted by Crippen LogP contribution is -2.33. The van der Waals surface area contributed by atoms with E-state index in [1.54, 1.807) is 13.2 Å². The van der Waals surface area contributed by atoms with Gasteiger partial charge in [-0.05, 0) is 13.3 Å². The Hall–Kier alpha value is -1.04. The Balaban J connectivity index is 2.92. The van der Waals surface area contributed by atoms with Gasteiger partial charge in [0.2, 0.25) is 0 Å². The van der Waals surface area contributed by atoms with Crippen molar-refractivity contribution in [1.29, 1.82) is 0 Å². The number of nitrogens with zero attached hydrogens (tertiary/aromatic N) is 1. The summed E-state index contributed by atoms with van der Waals surface area (Å²) in [5.41, 5.74) is -0.273. The molecule has 0 aliphatic carbocycles. The summed E-state index contributed by atoms with van der Waals surface area (Å²) in [6, 6.07) is 0.627. The van der Waals surface area contributed by atoms with Crippen molar-refractivity contribution in [1.82, 2.24) is 4.72 Å². The minimum absolute atomic E-state index is 0.122. The van der Waals surface area contributed by atoms with E-state index in [1.807, 2.05) is 0 Å². The van der Waals surface area contributed by atoms with Crippen molar-refractivity contribution >= 4 is 42.8 Å². The molecule has 0 radical (unpaired) electrons. The Bertz CT molecular complexity index is 640. The molecule has 2 N–H and O–H groups in total. The van der Waals surface area contributed by atoms with Crippen LogP contribution in [0.5, 0.6) is 0 Å². The highest BCUT2D eigenvalue weighted by Crippen LogP contribution is 2.36. The molecule has 0 aliphatic heterocycles. The average molecular weight is 355 g/mol. The van der Waals surface area contributed by atoms with E-state index in [9.17, 15) is 22.7 Å². The number of rotatable bonds is 8. The SMILES string of the molecule is CNc1sc(S(=O)(=O)NC(C)CCS(C)=O)cc1[N+](=O)[O-]. The van der Waals surface area contributed by atoms with Gasteiger partial charge in [-0.25, -0.2) is 13.1 Å². The fourth-order valence-electron chi connectivity index (χ4n) is 1.53. The first-order valence-electron chi connectivity index (χ1n) is 5.95. The molecule has 0 aliphatic rings. The second-order valence-electron chi connectivity index (χ2n) is 4.38. The number of hydrogen-bond acceptors (Lipinski definition) is 7.